The van der Waals surface area contributed by atoms with Gasteiger partial charge < -0.3 is 10.5 Å². The van der Waals surface area contributed by atoms with Crippen molar-refractivity contribution in [2.45, 2.75) is 6.61 Å². The number of rotatable bonds is 3. The van der Waals surface area contributed by atoms with Crippen LogP contribution < -0.4 is 10.5 Å². The minimum atomic E-state index is -0.286. The number of hydrogen-bond acceptors (Lipinski definition) is 3. The van der Waals surface area contributed by atoms with Crippen LogP contribution in [0.4, 0.5) is 10.2 Å². The van der Waals surface area contributed by atoms with Gasteiger partial charge in [-0.1, -0.05) is 24.3 Å². The van der Waals surface area contributed by atoms with Gasteiger partial charge in [-0.05, 0) is 12.1 Å². The van der Waals surface area contributed by atoms with Crippen LogP contribution in [0, 0.1) is 5.82 Å². The first-order valence-corrected chi connectivity index (χ1v) is 4.84. The van der Waals surface area contributed by atoms with Crippen LogP contribution >= 0.6 is 0 Å². The molecule has 0 amide bonds. The maximum atomic E-state index is 13.2. The molecule has 0 fully saturated rings. The summed E-state index contributed by atoms with van der Waals surface area (Å²) in [7, 11) is 0. The quantitative estimate of drug-likeness (QED) is 0.860. The lowest BCUT2D eigenvalue weighted by molar-refractivity contribution is 0.288. The van der Waals surface area contributed by atoms with E-state index < -0.39 is 0 Å². The molecule has 1 aromatic carbocycles. The Morgan fingerprint density at radius 3 is 2.69 bits per heavy atom. The lowest BCUT2D eigenvalue weighted by Crippen LogP contribution is -2.00. The van der Waals surface area contributed by atoms with Gasteiger partial charge in [-0.25, -0.2) is 4.39 Å². The highest BCUT2D eigenvalue weighted by molar-refractivity contribution is 5.31. The van der Waals surface area contributed by atoms with Crippen LogP contribution in [0.5, 0.6) is 5.88 Å². The fourth-order valence-electron chi connectivity index (χ4n) is 1.28. The van der Waals surface area contributed by atoms with E-state index >= 15 is 0 Å². The Labute approximate surface area is 92.7 Å². The number of pyridine rings is 1. The Morgan fingerprint density at radius 1 is 1.12 bits per heavy atom. The van der Waals surface area contributed by atoms with Crippen LogP contribution in [0.25, 0.3) is 0 Å². The van der Waals surface area contributed by atoms with Gasteiger partial charge in [0.25, 0.3) is 0 Å². The molecule has 2 rings (SSSR count). The van der Waals surface area contributed by atoms with E-state index in [1.807, 2.05) is 0 Å². The number of nitrogens with two attached hydrogens (primary N) is 1. The minimum Gasteiger partial charge on any atom is -0.473 e. The highest BCUT2D eigenvalue weighted by Gasteiger charge is 2.02. The lowest BCUT2D eigenvalue weighted by atomic mass is 10.2. The minimum absolute atomic E-state index is 0.142. The molecular formula is C12H11FN2O. The van der Waals surface area contributed by atoms with Crippen LogP contribution in [0.3, 0.4) is 0 Å². The summed E-state index contributed by atoms with van der Waals surface area (Å²) in [5.41, 5.74) is 5.98. The zero-order valence-corrected chi connectivity index (χ0v) is 8.56. The van der Waals surface area contributed by atoms with Gasteiger partial charge in [0.1, 0.15) is 18.2 Å². The normalized spacial score (nSPS) is 10.1. The average Bonchev–Trinajstić information content (AvgIpc) is 2.28. The SMILES string of the molecule is Nc1cccc(OCc2ccccc2F)n1. The molecule has 0 spiro atoms. The van der Waals surface area contributed by atoms with E-state index in [0.717, 1.165) is 0 Å². The number of hydrogen-bond donors (Lipinski definition) is 1. The molecule has 82 valence electrons. The summed E-state index contributed by atoms with van der Waals surface area (Å²) in [4.78, 5) is 3.95. The van der Waals surface area contributed by atoms with Crippen molar-refractivity contribution < 1.29 is 9.13 Å². The highest BCUT2D eigenvalue weighted by atomic mass is 19.1. The number of ether oxygens (including phenoxy) is 1. The fourth-order valence-corrected chi connectivity index (χ4v) is 1.28. The van der Waals surface area contributed by atoms with Crippen molar-refractivity contribution in [2.75, 3.05) is 5.73 Å². The van der Waals surface area contributed by atoms with E-state index in [2.05, 4.69) is 4.98 Å². The van der Waals surface area contributed by atoms with Gasteiger partial charge in [-0.3, -0.25) is 0 Å². The monoisotopic (exact) mass is 218 g/mol. The molecule has 0 saturated heterocycles. The molecule has 0 unspecified atom stereocenters. The maximum Gasteiger partial charge on any atom is 0.215 e. The van der Waals surface area contributed by atoms with E-state index in [-0.39, 0.29) is 12.4 Å². The first kappa shape index (κ1) is 10.4. The average molecular weight is 218 g/mol. The number of nitrogen functional groups attached to an aromatic ring is 1. The number of aromatic nitrogens is 1. The van der Waals surface area contributed by atoms with E-state index in [4.69, 9.17) is 10.5 Å². The molecular weight excluding hydrogens is 207 g/mol. The predicted molar refractivity (Wildman–Crippen MR) is 59.4 cm³/mol. The highest BCUT2D eigenvalue weighted by Crippen LogP contribution is 2.13. The third-order valence-electron chi connectivity index (χ3n) is 2.08. The van der Waals surface area contributed by atoms with Crippen molar-refractivity contribution in [3.63, 3.8) is 0 Å². The summed E-state index contributed by atoms with van der Waals surface area (Å²) in [6.07, 6.45) is 0. The molecule has 1 aromatic heterocycles. The van der Waals surface area contributed by atoms with Gasteiger partial charge in [0.2, 0.25) is 5.88 Å². The molecule has 2 N–H and O–H groups in total. The predicted octanol–water partition coefficient (Wildman–Crippen LogP) is 2.38. The van der Waals surface area contributed by atoms with Gasteiger partial charge in [0.15, 0.2) is 0 Å². The molecule has 0 aliphatic heterocycles. The van der Waals surface area contributed by atoms with Gasteiger partial charge in [-0.2, -0.15) is 4.98 Å². The Kier molecular flexibility index (Phi) is 3.00. The van der Waals surface area contributed by atoms with Crippen molar-refractivity contribution in [1.82, 2.24) is 4.98 Å². The third-order valence-corrected chi connectivity index (χ3v) is 2.08. The summed E-state index contributed by atoms with van der Waals surface area (Å²) >= 11 is 0. The van der Waals surface area contributed by atoms with Crippen molar-refractivity contribution in [1.29, 1.82) is 0 Å². The van der Waals surface area contributed by atoms with Crippen molar-refractivity contribution in [3.05, 3.63) is 53.8 Å². The van der Waals surface area contributed by atoms with E-state index in [9.17, 15) is 4.39 Å². The van der Waals surface area contributed by atoms with Gasteiger partial charge in [-0.15, -0.1) is 0 Å². The Morgan fingerprint density at radius 2 is 1.94 bits per heavy atom. The summed E-state index contributed by atoms with van der Waals surface area (Å²) < 4.78 is 18.6. The number of nitrogens with zero attached hydrogens (tertiary/aromatic N) is 1. The Balaban J connectivity index is 2.05. The van der Waals surface area contributed by atoms with Crippen LogP contribution in [0.2, 0.25) is 0 Å². The van der Waals surface area contributed by atoms with Crippen LogP contribution in [-0.2, 0) is 6.61 Å². The summed E-state index contributed by atoms with van der Waals surface area (Å²) in [5, 5.41) is 0. The lowest BCUT2D eigenvalue weighted by Gasteiger charge is -2.06. The molecule has 0 saturated carbocycles. The van der Waals surface area contributed by atoms with Crippen molar-refractivity contribution >= 4 is 5.82 Å². The van der Waals surface area contributed by atoms with E-state index in [1.165, 1.54) is 6.07 Å². The first-order valence-electron chi connectivity index (χ1n) is 4.84. The zero-order chi connectivity index (χ0) is 11.4. The third kappa shape index (κ3) is 2.48. The molecule has 3 nitrogen and oxygen atoms in total. The van der Waals surface area contributed by atoms with E-state index in [0.29, 0.717) is 17.3 Å². The second-order valence-electron chi connectivity index (χ2n) is 3.28. The zero-order valence-electron chi connectivity index (χ0n) is 8.56. The Hall–Kier alpha value is -2.10. The maximum absolute atomic E-state index is 13.2. The van der Waals surface area contributed by atoms with Crippen molar-refractivity contribution in [3.8, 4) is 5.88 Å². The number of halogens is 1. The van der Waals surface area contributed by atoms with Crippen molar-refractivity contribution in [2.24, 2.45) is 0 Å². The Bertz CT molecular complexity index is 488. The first-order chi connectivity index (χ1) is 7.75. The summed E-state index contributed by atoms with van der Waals surface area (Å²) in [5.74, 6) is 0.487. The van der Waals surface area contributed by atoms with E-state index in [1.54, 1.807) is 36.4 Å². The van der Waals surface area contributed by atoms with Gasteiger partial charge in [0.05, 0.1) is 0 Å². The second-order valence-corrected chi connectivity index (χ2v) is 3.28. The van der Waals surface area contributed by atoms with Crippen LogP contribution in [0.1, 0.15) is 5.56 Å². The molecule has 0 aliphatic rings. The molecule has 0 bridgehead atoms. The molecule has 0 atom stereocenters. The molecule has 1 heterocycles. The molecule has 0 aliphatic carbocycles. The fraction of sp³-hybridized carbons (Fsp3) is 0.0833. The number of benzene rings is 1. The molecule has 16 heavy (non-hydrogen) atoms. The van der Waals surface area contributed by atoms with Crippen LogP contribution in [-0.4, -0.2) is 4.98 Å². The smallest absolute Gasteiger partial charge is 0.215 e. The van der Waals surface area contributed by atoms with Crippen LogP contribution in [0.15, 0.2) is 42.5 Å². The van der Waals surface area contributed by atoms with Gasteiger partial charge in [0, 0.05) is 11.6 Å². The summed E-state index contributed by atoms with van der Waals surface area (Å²) in [6.45, 7) is 0.142. The molecule has 2 aromatic rings. The van der Waals surface area contributed by atoms with Gasteiger partial charge >= 0.3 is 0 Å². The topological polar surface area (TPSA) is 48.1 Å². The summed E-state index contributed by atoms with van der Waals surface area (Å²) in [6, 6.07) is 11.5. The largest absolute Gasteiger partial charge is 0.473 e. The standard InChI is InChI=1S/C12H11FN2O/c13-10-5-2-1-4-9(10)8-16-12-7-3-6-11(14)15-12/h1-7H,8H2,(H2,14,15). The molecule has 4 heteroatoms. The molecule has 0 radical (unpaired) electrons. The second kappa shape index (κ2) is 4.61. The number of anilines is 1.